The third-order valence-electron chi connectivity index (χ3n) is 12.4. The van der Waals surface area contributed by atoms with Crippen molar-refractivity contribution in [3.8, 4) is 0 Å². The molecule has 0 N–H and O–H groups in total. The van der Waals surface area contributed by atoms with E-state index in [0.717, 1.165) is 122 Å². The van der Waals surface area contributed by atoms with E-state index in [1.54, 1.807) is 0 Å². The minimum absolute atomic E-state index is 0.140. The van der Waals surface area contributed by atoms with Crippen LogP contribution in [0.3, 0.4) is 0 Å². The van der Waals surface area contributed by atoms with Crippen LogP contribution in [0.2, 0.25) is 0 Å². The number of hydrogen-bond acceptors (Lipinski definition) is 8. The molecule has 0 aromatic heterocycles. The van der Waals surface area contributed by atoms with Gasteiger partial charge >= 0.3 is 11.9 Å². The summed E-state index contributed by atoms with van der Waals surface area (Å²) in [6.45, 7) is 4.56. The maximum Gasteiger partial charge on any atom is 0.306 e. The first-order valence-corrected chi connectivity index (χ1v) is 30.2. The van der Waals surface area contributed by atoms with Crippen LogP contribution < -0.4 is 5.11 Å². The second-order valence-corrected chi connectivity index (χ2v) is 20.9. The summed E-state index contributed by atoms with van der Waals surface area (Å²) in [4.78, 5) is 37.2. The van der Waals surface area contributed by atoms with Gasteiger partial charge in [0.1, 0.15) is 13.2 Å². The average molecular weight is 1060 g/mol. The molecule has 0 aliphatic rings. The number of carboxylic acids is 1. The zero-order valence-corrected chi connectivity index (χ0v) is 49.1. The summed E-state index contributed by atoms with van der Waals surface area (Å²) < 4.78 is 22.7. The van der Waals surface area contributed by atoms with E-state index in [1.807, 2.05) is 21.1 Å². The average Bonchev–Trinajstić information content (AvgIpc) is 3.39. The standard InChI is InChI=1S/C67H111NO8/c1-6-8-10-12-14-16-18-20-22-23-24-25-26-27-28-29-30-31-32-33-34-35-36-37-38-39-40-41-42-43-44-46-48-50-52-54-56-58-65(70)76-63(62-75-67(66(71)72)73-60-59-68(3,4)5)61-74-64(69)57-55-53-51-49-47-45-21-19-17-15-13-11-9-7-2/h8,10,13-16,19-22,24-25,27-28,30-31,33-34,36-37,63,67H,6-7,9,11-12,17-18,23,26,29,32,35,38-62H2,1-5H3/b10-8-,15-13-,16-14-,21-19-,22-20-,25-24-,28-27-,31-30-,34-33-,37-36-. The summed E-state index contributed by atoms with van der Waals surface area (Å²) in [6.07, 6.45) is 76.9. The Morgan fingerprint density at radius 1 is 0.408 bits per heavy atom. The lowest BCUT2D eigenvalue weighted by molar-refractivity contribution is -0.870. The molecule has 9 heteroatoms. The topological polar surface area (TPSA) is 111 Å². The molecular formula is C67H111NO8. The van der Waals surface area contributed by atoms with Crippen LogP contribution in [0.4, 0.5) is 0 Å². The highest BCUT2D eigenvalue weighted by Crippen LogP contribution is 2.15. The number of allylic oxidation sites excluding steroid dienone is 20. The van der Waals surface area contributed by atoms with Gasteiger partial charge in [-0.2, -0.15) is 0 Å². The van der Waals surface area contributed by atoms with Crippen LogP contribution in [-0.4, -0.2) is 82.3 Å². The molecule has 2 atom stereocenters. The summed E-state index contributed by atoms with van der Waals surface area (Å²) in [5, 5.41) is 11.8. The smallest absolute Gasteiger partial charge is 0.306 e. The van der Waals surface area contributed by atoms with Crippen molar-refractivity contribution in [3.05, 3.63) is 122 Å². The Morgan fingerprint density at radius 2 is 0.750 bits per heavy atom. The van der Waals surface area contributed by atoms with Crippen molar-refractivity contribution >= 4 is 17.9 Å². The van der Waals surface area contributed by atoms with Crippen molar-refractivity contribution in [2.24, 2.45) is 0 Å². The summed E-state index contributed by atoms with van der Waals surface area (Å²) in [5.41, 5.74) is 0. The number of nitrogens with zero attached hydrogens (tertiary/aromatic N) is 1. The minimum Gasteiger partial charge on any atom is -0.545 e. The van der Waals surface area contributed by atoms with Gasteiger partial charge in [-0.1, -0.05) is 232 Å². The van der Waals surface area contributed by atoms with Crippen molar-refractivity contribution in [1.29, 1.82) is 0 Å². The third-order valence-corrected chi connectivity index (χ3v) is 12.4. The number of rotatable bonds is 54. The number of ether oxygens (including phenoxy) is 4. The zero-order valence-electron chi connectivity index (χ0n) is 49.1. The zero-order chi connectivity index (χ0) is 55.5. The van der Waals surface area contributed by atoms with E-state index in [0.29, 0.717) is 17.4 Å². The summed E-state index contributed by atoms with van der Waals surface area (Å²) in [6, 6.07) is 0. The number of carbonyl (C=O) groups is 3. The van der Waals surface area contributed by atoms with Crippen LogP contribution in [-0.2, 0) is 33.3 Å². The van der Waals surface area contributed by atoms with E-state index in [2.05, 4.69) is 135 Å². The molecule has 0 radical (unpaired) electrons. The Hall–Kier alpha value is -4.31. The van der Waals surface area contributed by atoms with Crippen LogP contribution in [0.5, 0.6) is 0 Å². The predicted octanol–water partition coefficient (Wildman–Crippen LogP) is 16.7. The molecular weight excluding hydrogens is 947 g/mol. The van der Waals surface area contributed by atoms with Gasteiger partial charge in [-0.3, -0.25) is 9.59 Å². The molecule has 0 aliphatic carbocycles. The van der Waals surface area contributed by atoms with E-state index in [4.69, 9.17) is 18.9 Å². The lowest BCUT2D eigenvalue weighted by atomic mass is 10.0. The number of esters is 2. The summed E-state index contributed by atoms with van der Waals surface area (Å²) in [5.74, 6) is -2.31. The molecule has 0 fully saturated rings. The highest BCUT2D eigenvalue weighted by molar-refractivity contribution is 5.70. The fourth-order valence-electron chi connectivity index (χ4n) is 7.80. The predicted molar refractivity (Wildman–Crippen MR) is 320 cm³/mol. The van der Waals surface area contributed by atoms with Crippen LogP contribution in [0.25, 0.3) is 0 Å². The fraction of sp³-hybridized carbons (Fsp3) is 0.657. The lowest BCUT2D eigenvalue weighted by Crippen LogP contribution is -2.44. The van der Waals surface area contributed by atoms with Crippen molar-refractivity contribution in [3.63, 3.8) is 0 Å². The number of hydrogen-bond donors (Lipinski definition) is 0. The Bertz CT molecular complexity index is 1660. The van der Waals surface area contributed by atoms with Crippen LogP contribution in [0.15, 0.2) is 122 Å². The van der Waals surface area contributed by atoms with Gasteiger partial charge in [-0.15, -0.1) is 0 Å². The highest BCUT2D eigenvalue weighted by atomic mass is 16.7. The molecule has 0 aromatic carbocycles. The molecule has 0 saturated carbocycles. The number of carboxylic acid groups (broad SMARTS) is 1. The summed E-state index contributed by atoms with van der Waals surface area (Å²) >= 11 is 0. The first-order valence-electron chi connectivity index (χ1n) is 30.2. The van der Waals surface area contributed by atoms with Gasteiger partial charge in [0, 0.05) is 12.8 Å². The molecule has 0 rings (SSSR count). The van der Waals surface area contributed by atoms with Crippen molar-refractivity contribution in [1.82, 2.24) is 0 Å². The Labute approximate surface area is 466 Å². The number of likely N-dealkylation sites (N-methyl/N-ethyl adjacent to an activating group) is 1. The van der Waals surface area contributed by atoms with Crippen LogP contribution in [0, 0.1) is 0 Å². The largest absolute Gasteiger partial charge is 0.545 e. The van der Waals surface area contributed by atoms with E-state index in [1.165, 1.54) is 70.6 Å². The SMILES string of the molecule is CC/C=C\C/C=C\C/C=C\C/C=C\C/C=C\C/C=C\C/C=C\C/C=C\CCCCCCCCCCCCCCC(=O)OC(COC(=O)CCCCCCC/C=C\C/C=C\CCCC)COC(OCC[N+](C)(C)C)C(=O)[O-]. The van der Waals surface area contributed by atoms with Crippen LogP contribution in [0.1, 0.15) is 226 Å². The van der Waals surface area contributed by atoms with Gasteiger partial charge in [0.05, 0.1) is 40.3 Å². The second-order valence-electron chi connectivity index (χ2n) is 20.9. The Balaban J connectivity index is 4.15. The highest BCUT2D eigenvalue weighted by Gasteiger charge is 2.22. The number of aliphatic carboxylic acids is 1. The molecule has 2 unspecified atom stereocenters. The van der Waals surface area contributed by atoms with E-state index in [-0.39, 0.29) is 38.6 Å². The molecule has 0 amide bonds. The number of quaternary nitrogens is 1. The van der Waals surface area contributed by atoms with Gasteiger partial charge in [-0.25, -0.2) is 0 Å². The van der Waals surface area contributed by atoms with Gasteiger partial charge in [0.25, 0.3) is 0 Å². The number of carbonyl (C=O) groups excluding carboxylic acids is 3. The fourth-order valence-corrected chi connectivity index (χ4v) is 7.80. The van der Waals surface area contributed by atoms with Crippen LogP contribution >= 0.6 is 0 Å². The second kappa shape index (κ2) is 56.9. The molecule has 0 heterocycles. The molecule has 9 nitrogen and oxygen atoms in total. The van der Waals surface area contributed by atoms with Crippen molar-refractivity contribution in [2.75, 3.05) is 47.5 Å². The van der Waals surface area contributed by atoms with E-state index >= 15 is 0 Å². The molecule has 0 saturated heterocycles. The van der Waals surface area contributed by atoms with Gasteiger partial charge < -0.3 is 33.3 Å². The quantitative estimate of drug-likeness (QED) is 0.0195. The van der Waals surface area contributed by atoms with Gasteiger partial charge in [-0.05, 0) is 103 Å². The normalized spacial score (nSPS) is 13.6. The van der Waals surface area contributed by atoms with Gasteiger partial charge in [0.15, 0.2) is 12.4 Å². The van der Waals surface area contributed by atoms with Crippen molar-refractivity contribution < 1.29 is 42.9 Å². The maximum absolute atomic E-state index is 12.9. The Kier molecular flexibility index (Phi) is 53.7. The monoisotopic (exact) mass is 1060 g/mol. The number of unbranched alkanes of at least 4 members (excludes halogenated alkanes) is 19. The molecule has 76 heavy (non-hydrogen) atoms. The first-order chi connectivity index (χ1) is 37.1. The molecule has 0 spiro atoms. The minimum atomic E-state index is -1.63. The molecule has 0 bridgehead atoms. The third kappa shape index (κ3) is 57.4. The van der Waals surface area contributed by atoms with E-state index < -0.39 is 24.3 Å². The molecule has 0 aromatic rings. The first kappa shape index (κ1) is 71.7. The molecule has 0 aliphatic heterocycles. The Morgan fingerprint density at radius 3 is 1.12 bits per heavy atom. The van der Waals surface area contributed by atoms with Crippen molar-refractivity contribution in [2.45, 2.75) is 238 Å². The van der Waals surface area contributed by atoms with E-state index in [9.17, 15) is 19.5 Å². The molecule has 432 valence electrons. The summed E-state index contributed by atoms with van der Waals surface area (Å²) in [7, 11) is 5.91. The maximum atomic E-state index is 12.9. The van der Waals surface area contributed by atoms with Gasteiger partial charge in [0.2, 0.25) is 0 Å². The lowest BCUT2D eigenvalue weighted by Gasteiger charge is -2.26.